The molecule has 0 bridgehead atoms. The largest absolute Gasteiger partial charge is 0.493 e. The molecule has 2 aromatic rings. The fraction of sp³-hybridized carbons (Fsp3) is 0.450. The van der Waals surface area contributed by atoms with Gasteiger partial charge in [-0.2, -0.15) is 6.07 Å². The fourth-order valence-electron chi connectivity index (χ4n) is 3.47. The van der Waals surface area contributed by atoms with Crippen molar-refractivity contribution in [2.75, 3.05) is 6.61 Å². The number of carbonyl (C=O) groups is 1. The Balaban J connectivity index is 0.00000243. The third-order valence-electron chi connectivity index (χ3n) is 4.79. The van der Waals surface area contributed by atoms with Crippen molar-refractivity contribution in [2.45, 2.75) is 38.7 Å². The van der Waals surface area contributed by atoms with Gasteiger partial charge in [0.15, 0.2) is 0 Å². The van der Waals surface area contributed by atoms with Gasteiger partial charge in [-0.15, -0.1) is 10.3 Å². The van der Waals surface area contributed by atoms with Crippen molar-refractivity contribution in [1.82, 2.24) is 0 Å². The van der Waals surface area contributed by atoms with E-state index in [0.717, 1.165) is 31.2 Å². The molecule has 2 atom stereocenters. The predicted molar refractivity (Wildman–Crippen MR) is 100 cm³/mol. The van der Waals surface area contributed by atoms with Gasteiger partial charge in [0.1, 0.15) is 11.5 Å². The molecule has 1 aromatic carbocycles. The van der Waals surface area contributed by atoms with Gasteiger partial charge in [0.25, 0.3) is 0 Å². The van der Waals surface area contributed by atoms with Gasteiger partial charge < -0.3 is 21.2 Å². The van der Waals surface area contributed by atoms with E-state index in [0.29, 0.717) is 29.6 Å². The maximum atomic E-state index is 12.2. The van der Waals surface area contributed by atoms with Crippen LogP contribution in [0.4, 0.5) is 0 Å². The topological polar surface area (TPSA) is 46.5 Å². The van der Waals surface area contributed by atoms with E-state index in [2.05, 4.69) is 11.4 Å². The van der Waals surface area contributed by atoms with Crippen molar-refractivity contribution in [3.05, 3.63) is 51.2 Å². The summed E-state index contributed by atoms with van der Waals surface area (Å²) in [5, 5.41) is 12.9. The third kappa shape index (κ3) is 6.13. The van der Waals surface area contributed by atoms with Crippen LogP contribution in [0.2, 0.25) is 5.02 Å². The molecule has 0 spiro atoms. The molecular formula is C20H22ClO3SY-. The number of aliphatic hydroxyl groups is 1. The Morgan fingerprint density at radius 1 is 1.35 bits per heavy atom. The third-order valence-corrected chi connectivity index (χ3v) is 5.86. The van der Waals surface area contributed by atoms with Crippen molar-refractivity contribution in [1.29, 1.82) is 0 Å². The second-order valence-electron chi connectivity index (χ2n) is 6.55. The molecule has 26 heavy (non-hydrogen) atoms. The summed E-state index contributed by atoms with van der Waals surface area (Å²) >= 11 is 7.70. The molecular weight excluding hydrogens is 445 g/mol. The summed E-state index contributed by atoms with van der Waals surface area (Å²) in [7, 11) is 0. The summed E-state index contributed by atoms with van der Waals surface area (Å²) in [4.78, 5) is 13.6. The zero-order valence-electron chi connectivity index (χ0n) is 14.6. The van der Waals surface area contributed by atoms with E-state index in [1.54, 1.807) is 29.5 Å². The number of ether oxygens (including phenoxy) is 1. The Hall–Kier alpha value is -0.256. The van der Waals surface area contributed by atoms with Crippen LogP contribution in [0.1, 0.15) is 36.1 Å². The second kappa shape index (κ2) is 10.9. The van der Waals surface area contributed by atoms with Crippen LogP contribution in [0, 0.1) is 17.2 Å². The number of ketones is 1. The number of hydrogen-bond acceptors (Lipinski definition) is 4. The zero-order chi connectivity index (χ0) is 17.6. The molecule has 1 aromatic heterocycles. The van der Waals surface area contributed by atoms with Gasteiger partial charge >= 0.3 is 0 Å². The molecule has 0 aliphatic heterocycles. The van der Waals surface area contributed by atoms with Crippen LogP contribution in [0.25, 0.3) is 0 Å². The maximum absolute atomic E-state index is 12.2. The second-order valence-corrected chi connectivity index (χ2v) is 7.95. The first kappa shape index (κ1) is 22.0. The molecule has 1 heterocycles. The quantitative estimate of drug-likeness (QED) is 0.574. The molecule has 0 saturated heterocycles. The van der Waals surface area contributed by atoms with Crippen molar-refractivity contribution in [2.24, 2.45) is 11.8 Å². The van der Waals surface area contributed by atoms with Gasteiger partial charge in [0.05, 0.1) is 13.2 Å². The molecule has 1 radical (unpaired) electrons. The molecule has 1 aliphatic carbocycles. The van der Waals surface area contributed by atoms with Crippen LogP contribution >= 0.6 is 22.9 Å². The number of Topliss-reactive ketones (excluding diaryl/α,β-unsaturated/α-hetero) is 1. The Morgan fingerprint density at radius 3 is 2.92 bits per heavy atom. The zero-order valence-corrected chi connectivity index (χ0v) is 19.0. The summed E-state index contributed by atoms with van der Waals surface area (Å²) in [5.41, 5.74) is 0.731. The van der Waals surface area contributed by atoms with Crippen molar-refractivity contribution < 1.29 is 47.3 Å². The minimum atomic E-state index is -0.0678. The molecule has 0 unspecified atom stereocenters. The van der Waals surface area contributed by atoms with Gasteiger partial charge in [0, 0.05) is 56.0 Å². The van der Waals surface area contributed by atoms with Crippen LogP contribution in [-0.2, 0) is 50.5 Å². The number of aryl methyl sites for hydroxylation is 1. The molecule has 1 fully saturated rings. The fourth-order valence-corrected chi connectivity index (χ4v) is 4.39. The summed E-state index contributed by atoms with van der Waals surface area (Å²) in [6, 6.07) is 9.31. The normalized spacial score (nSPS) is 19.4. The van der Waals surface area contributed by atoms with E-state index < -0.39 is 0 Å². The summed E-state index contributed by atoms with van der Waals surface area (Å²) < 4.78 is 5.89. The predicted octanol–water partition coefficient (Wildman–Crippen LogP) is 4.69. The molecule has 1 saturated carbocycles. The smallest absolute Gasteiger partial charge is 0.136 e. The monoisotopic (exact) mass is 466 g/mol. The van der Waals surface area contributed by atoms with E-state index in [1.807, 2.05) is 6.07 Å². The van der Waals surface area contributed by atoms with E-state index in [1.165, 1.54) is 4.88 Å². The Labute approximate surface area is 189 Å². The molecule has 137 valence electrons. The van der Waals surface area contributed by atoms with E-state index in [4.69, 9.17) is 16.3 Å². The Morgan fingerprint density at radius 2 is 2.19 bits per heavy atom. The van der Waals surface area contributed by atoms with Gasteiger partial charge in [-0.1, -0.05) is 24.4 Å². The van der Waals surface area contributed by atoms with Crippen LogP contribution in [0.3, 0.4) is 0 Å². The number of aliphatic hydroxyl groups excluding tert-OH is 1. The van der Waals surface area contributed by atoms with Crippen LogP contribution in [0.5, 0.6) is 5.75 Å². The number of rotatable bonds is 8. The van der Waals surface area contributed by atoms with E-state index in [9.17, 15) is 9.90 Å². The summed E-state index contributed by atoms with van der Waals surface area (Å²) in [5.74, 6) is 1.39. The van der Waals surface area contributed by atoms with Crippen LogP contribution in [-0.4, -0.2) is 17.5 Å². The molecule has 1 aliphatic rings. The van der Waals surface area contributed by atoms with Crippen molar-refractivity contribution in [3.63, 3.8) is 0 Å². The minimum absolute atomic E-state index is 0. The Kier molecular flexibility index (Phi) is 9.25. The van der Waals surface area contributed by atoms with Crippen molar-refractivity contribution >= 4 is 28.7 Å². The average molecular weight is 467 g/mol. The first-order valence-electron chi connectivity index (χ1n) is 8.66. The first-order chi connectivity index (χ1) is 12.2. The Bertz CT molecular complexity index is 705. The van der Waals surface area contributed by atoms with E-state index in [-0.39, 0.29) is 51.2 Å². The van der Waals surface area contributed by atoms with Gasteiger partial charge in [0.2, 0.25) is 0 Å². The van der Waals surface area contributed by atoms with E-state index >= 15 is 0 Å². The number of halogens is 1. The standard InChI is InChI=1S/C20H22ClO3S.Y/c21-16-9-14(12-22)10-17(11-16)24-13-15-6-7-20(23)19(15)5-1-3-18-4-2-8-25-18;/h2,4,9-11,15,19,22H,1,3,5-7,12-13H2;/q-1;/t15-,19-;/m1./s1. The molecule has 6 heteroatoms. The van der Waals surface area contributed by atoms with Crippen molar-refractivity contribution in [3.8, 4) is 5.75 Å². The minimum Gasteiger partial charge on any atom is -0.493 e. The summed E-state index contributed by atoms with van der Waals surface area (Å²) in [6.45, 7) is 0.454. The molecule has 1 N–H and O–H groups in total. The molecule has 3 rings (SSSR count). The first-order valence-corrected chi connectivity index (χ1v) is 9.85. The summed E-state index contributed by atoms with van der Waals surface area (Å²) in [6.07, 6.45) is 4.50. The van der Waals surface area contributed by atoms with Gasteiger partial charge in [-0.25, -0.2) is 6.07 Å². The maximum Gasteiger partial charge on any atom is 0.136 e. The molecule has 3 nitrogen and oxygen atoms in total. The number of thiophene rings is 1. The molecule has 0 amide bonds. The van der Waals surface area contributed by atoms with Gasteiger partial charge in [-0.05, 0) is 36.6 Å². The number of hydrogen-bond donors (Lipinski definition) is 1. The van der Waals surface area contributed by atoms with Gasteiger partial charge in [-0.3, -0.25) is 4.79 Å². The van der Waals surface area contributed by atoms with Crippen LogP contribution < -0.4 is 4.74 Å². The number of benzene rings is 1. The van der Waals surface area contributed by atoms with Crippen LogP contribution in [0.15, 0.2) is 30.3 Å². The SMILES string of the molecule is O=C1CC[C@H](COc2cc(Cl)cc(CO)c2)[C@H]1CCCc1cc[c-]s1.[Y]. The number of carbonyl (C=O) groups excluding carboxylic acids is 1. The average Bonchev–Trinajstić information content (AvgIpc) is 3.23.